The largest absolute Gasteiger partial charge is 0.484 e. The molecule has 1 aromatic heterocycles. The molecule has 4 rings (SSSR count). The van der Waals surface area contributed by atoms with Crippen molar-refractivity contribution in [1.82, 2.24) is 10.2 Å². The van der Waals surface area contributed by atoms with Crippen molar-refractivity contribution in [2.45, 2.75) is 0 Å². The van der Waals surface area contributed by atoms with E-state index in [1.165, 1.54) is 6.07 Å². The van der Waals surface area contributed by atoms with Crippen molar-refractivity contribution in [2.75, 3.05) is 44.2 Å². The second-order valence-electron chi connectivity index (χ2n) is 7.36. The Balaban J connectivity index is 1.21. The van der Waals surface area contributed by atoms with E-state index >= 15 is 0 Å². The van der Waals surface area contributed by atoms with Crippen LogP contribution in [-0.4, -0.2) is 56.0 Å². The molecule has 9 heteroatoms. The smallest absolute Gasteiger partial charge is 0.336 e. The van der Waals surface area contributed by atoms with Crippen molar-refractivity contribution >= 4 is 40.1 Å². The van der Waals surface area contributed by atoms with Crippen LogP contribution < -0.4 is 20.6 Å². The van der Waals surface area contributed by atoms with E-state index < -0.39 is 11.5 Å². The Hall–Kier alpha value is -3.52. The number of ether oxygens (including phenoxy) is 1. The fourth-order valence-electron chi connectivity index (χ4n) is 3.48. The van der Waals surface area contributed by atoms with Gasteiger partial charge in [0.15, 0.2) is 6.61 Å². The molecule has 0 bridgehead atoms. The van der Waals surface area contributed by atoms with E-state index in [1.54, 1.807) is 29.2 Å². The van der Waals surface area contributed by atoms with E-state index in [2.05, 4.69) is 10.2 Å². The molecule has 0 radical (unpaired) electrons. The topological polar surface area (TPSA) is 92.1 Å². The average molecular weight is 456 g/mol. The maximum Gasteiger partial charge on any atom is 0.336 e. The fourth-order valence-corrected chi connectivity index (χ4v) is 3.61. The lowest BCUT2D eigenvalue weighted by Gasteiger charge is -2.36. The minimum atomic E-state index is -0.458. The lowest BCUT2D eigenvalue weighted by atomic mass is 10.2. The fraction of sp³-hybridized carbons (Fsp3) is 0.261. The van der Waals surface area contributed by atoms with Gasteiger partial charge in [0, 0.05) is 54.4 Å². The van der Waals surface area contributed by atoms with Gasteiger partial charge in [0.1, 0.15) is 11.3 Å². The number of benzene rings is 2. The predicted molar refractivity (Wildman–Crippen MR) is 121 cm³/mol. The number of piperazine rings is 1. The van der Waals surface area contributed by atoms with Gasteiger partial charge in [0.05, 0.1) is 6.54 Å². The highest BCUT2D eigenvalue weighted by molar-refractivity contribution is 6.30. The van der Waals surface area contributed by atoms with E-state index in [4.69, 9.17) is 20.8 Å². The van der Waals surface area contributed by atoms with E-state index in [-0.39, 0.29) is 19.1 Å². The molecule has 2 heterocycles. The quantitative estimate of drug-likeness (QED) is 0.573. The normalized spacial score (nSPS) is 13.8. The second kappa shape index (κ2) is 9.74. The number of nitrogens with one attached hydrogen (secondary N) is 1. The number of anilines is 1. The van der Waals surface area contributed by atoms with Crippen molar-refractivity contribution in [3.05, 3.63) is 70.0 Å². The number of carbonyl (C=O) groups excluding carboxylic acids is 2. The summed E-state index contributed by atoms with van der Waals surface area (Å²) in [5.74, 6) is -0.152. The summed E-state index contributed by atoms with van der Waals surface area (Å²) in [5.41, 5.74) is 0.989. The Bertz CT molecular complexity index is 1170. The number of hydrogen-bond donors (Lipinski definition) is 1. The SMILES string of the molecule is O=C(COc1ccc2ccc(=O)oc2c1)NCC(=O)N1CCN(c2ccc(Cl)cc2)CC1. The monoisotopic (exact) mass is 455 g/mol. The van der Waals surface area contributed by atoms with Crippen LogP contribution in [0.25, 0.3) is 11.0 Å². The summed E-state index contributed by atoms with van der Waals surface area (Å²) in [6.07, 6.45) is 0. The Morgan fingerprint density at radius 1 is 1.00 bits per heavy atom. The summed E-state index contributed by atoms with van der Waals surface area (Å²) in [6.45, 7) is 2.24. The third-order valence-electron chi connectivity index (χ3n) is 5.23. The highest BCUT2D eigenvalue weighted by Gasteiger charge is 2.21. The van der Waals surface area contributed by atoms with E-state index in [9.17, 15) is 14.4 Å². The Morgan fingerprint density at radius 2 is 1.72 bits per heavy atom. The molecule has 0 aliphatic carbocycles. The zero-order chi connectivity index (χ0) is 22.5. The molecule has 0 saturated carbocycles. The summed E-state index contributed by atoms with van der Waals surface area (Å²) >= 11 is 5.93. The molecule has 3 aromatic rings. The number of hydrogen-bond acceptors (Lipinski definition) is 6. The third kappa shape index (κ3) is 5.39. The first-order valence-corrected chi connectivity index (χ1v) is 10.6. The average Bonchev–Trinajstić information content (AvgIpc) is 2.81. The third-order valence-corrected chi connectivity index (χ3v) is 5.48. The van der Waals surface area contributed by atoms with Crippen LogP contribution >= 0.6 is 11.6 Å². The van der Waals surface area contributed by atoms with E-state index in [0.29, 0.717) is 42.5 Å². The molecule has 32 heavy (non-hydrogen) atoms. The number of halogens is 1. The molecule has 1 fully saturated rings. The second-order valence-corrected chi connectivity index (χ2v) is 7.80. The number of fused-ring (bicyclic) bond motifs is 1. The minimum Gasteiger partial charge on any atom is -0.484 e. The molecule has 166 valence electrons. The molecule has 0 unspecified atom stereocenters. The van der Waals surface area contributed by atoms with Gasteiger partial charge in [-0.25, -0.2) is 4.79 Å². The lowest BCUT2D eigenvalue weighted by molar-refractivity contribution is -0.133. The van der Waals surface area contributed by atoms with E-state index in [0.717, 1.165) is 11.1 Å². The zero-order valence-corrected chi connectivity index (χ0v) is 18.0. The summed E-state index contributed by atoms with van der Waals surface area (Å²) in [5, 5.41) is 4.03. The summed E-state index contributed by atoms with van der Waals surface area (Å²) in [6, 6.07) is 15.6. The molecule has 1 aliphatic heterocycles. The van der Waals surface area contributed by atoms with Crippen molar-refractivity contribution in [1.29, 1.82) is 0 Å². The van der Waals surface area contributed by atoms with Gasteiger partial charge >= 0.3 is 5.63 Å². The molecular formula is C23H22ClN3O5. The van der Waals surface area contributed by atoms with Crippen molar-refractivity contribution in [2.24, 2.45) is 0 Å². The molecule has 8 nitrogen and oxygen atoms in total. The van der Waals surface area contributed by atoms with Crippen molar-refractivity contribution < 1.29 is 18.7 Å². The van der Waals surface area contributed by atoms with Crippen LogP contribution in [0.2, 0.25) is 5.02 Å². The maximum absolute atomic E-state index is 12.4. The van der Waals surface area contributed by atoms with Crippen LogP contribution in [0.3, 0.4) is 0 Å². The lowest BCUT2D eigenvalue weighted by Crippen LogP contribution is -2.51. The zero-order valence-electron chi connectivity index (χ0n) is 17.3. The Morgan fingerprint density at radius 3 is 2.47 bits per heavy atom. The molecule has 0 spiro atoms. The van der Waals surface area contributed by atoms with Gasteiger partial charge in [-0.05, 0) is 42.5 Å². The summed E-state index contributed by atoms with van der Waals surface area (Å²) < 4.78 is 10.6. The van der Waals surface area contributed by atoms with Gasteiger partial charge in [-0.2, -0.15) is 0 Å². The molecule has 0 atom stereocenters. The molecular weight excluding hydrogens is 434 g/mol. The highest BCUT2D eigenvalue weighted by atomic mass is 35.5. The van der Waals surface area contributed by atoms with Gasteiger partial charge in [0.2, 0.25) is 5.91 Å². The summed E-state index contributed by atoms with van der Waals surface area (Å²) in [7, 11) is 0. The molecule has 1 saturated heterocycles. The molecule has 2 aromatic carbocycles. The Labute approximate surface area is 189 Å². The van der Waals surface area contributed by atoms with Crippen molar-refractivity contribution in [3.63, 3.8) is 0 Å². The number of amides is 2. The number of rotatable bonds is 6. The maximum atomic E-state index is 12.4. The standard InChI is InChI=1S/C23H22ClN3O5/c24-17-3-5-18(6-4-17)26-9-11-27(12-10-26)22(29)14-25-21(28)15-31-19-7-1-16-2-8-23(30)32-20(16)13-19/h1-8,13H,9-12,14-15H2,(H,25,28). The van der Waals surface area contributed by atoms with Gasteiger partial charge in [-0.15, -0.1) is 0 Å². The minimum absolute atomic E-state index is 0.0876. The van der Waals surface area contributed by atoms with Crippen LogP contribution in [0.1, 0.15) is 0 Å². The van der Waals surface area contributed by atoms with Gasteiger partial charge in [0.25, 0.3) is 5.91 Å². The van der Waals surface area contributed by atoms with Crippen LogP contribution in [-0.2, 0) is 9.59 Å². The highest BCUT2D eigenvalue weighted by Crippen LogP contribution is 2.20. The predicted octanol–water partition coefficient (Wildman–Crippen LogP) is 2.29. The van der Waals surface area contributed by atoms with Gasteiger partial charge in [-0.3, -0.25) is 9.59 Å². The first-order valence-electron chi connectivity index (χ1n) is 10.2. The van der Waals surface area contributed by atoms with Gasteiger partial charge in [-0.1, -0.05) is 11.6 Å². The van der Waals surface area contributed by atoms with Crippen LogP contribution in [0.4, 0.5) is 5.69 Å². The van der Waals surface area contributed by atoms with Crippen LogP contribution in [0.15, 0.2) is 63.8 Å². The van der Waals surface area contributed by atoms with Gasteiger partial charge < -0.3 is 24.3 Å². The van der Waals surface area contributed by atoms with E-state index in [1.807, 2.05) is 24.3 Å². The molecule has 2 amide bonds. The van der Waals surface area contributed by atoms with Crippen LogP contribution in [0.5, 0.6) is 5.75 Å². The number of carbonyl (C=O) groups is 2. The number of nitrogens with zero attached hydrogens (tertiary/aromatic N) is 2. The first-order chi connectivity index (χ1) is 15.5. The molecule has 1 N–H and O–H groups in total. The van der Waals surface area contributed by atoms with Crippen LogP contribution in [0, 0.1) is 0 Å². The summed E-state index contributed by atoms with van der Waals surface area (Å²) in [4.78, 5) is 39.8. The van der Waals surface area contributed by atoms with Crippen molar-refractivity contribution in [3.8, 4) is 5.75 Å². The first kappa shape index (κ1) is 21.7. The Kier molecular flexibility index (Phi) is 6.61. The molecule has 1 aliphatic rings.